The first-order chi connectivity index (χ1) is 8.76. The quantitative estimate of drug-likeness (QED) is 0.769. The van der Waals surface area contributed by atoms with Gasteiger partial charge in [-0.05, 0) is 42.8 Å². The summed E-state index contributed by atoms with van der Waals surface area (Å²) in [6, 6.07) is 15.2. The lowest BCUT2D eigenvalue weighted by atomic mass is 10.1. The summed E-state index contributed by atoms with van der Waals surface area (Å²) in [5.41, 5.74) is 2.67. The molecule has 2 rings (SSSR count). The van der Waals surface area contributed by atoms with Crippen molar-refractivity contribution >= 4 is 17.8 Å². The van der Waals surface area contributed by atoms with Gasteiger partial charge in [-0.15, -0.1) is 0 Å². The Balaban J connectivity index is 2.40. The normalized spacial score (nSPS) is 9.89. The molecule has 92 valence electrons. The molecule has 0 saturated carbocycles. The molecule has 2 aromatic rings. The van der Waals surface area contributed by atoms with Crippen molar-refractivity contribution < 1.29 is 9.53 Å². The number of amides is 1. The molecule has 0 spiro atoms. The fourth-order valence-electron chi connectivity index (χ4n) is 1.87. The predicted molar refractivity (Wildman–Crippen MR) is 72.4 cm³/mol. The number of hydrogen-bond acceptors (Lipinski definition) is 2. The maximum atomic E-state index is 11.3. The minimum Gasteiger partial charge on any atom is -0.496 e. The van der Waals surface area contributed by atoms with Gasteiger partial charge in [0.15, 0.2) is 0 Å². The van der Waals surface area contributed by atoms with Crippen LogP contribution in [0, 0.1) is 6.92 Å². The molecule has 3 nitrogen and oxygen atoms in total. The Morgan fingerprint density at radius 3 is 2.33 bits per heavy atom. The fraction of sp³-hybridized carbons (Fsp3) is 0.133. The van der Waals surface area contributed by atoms with E-state index in [0.717, 1.165) is 29.1 Å². The summed E-state index contributed by atoms with van der Waals surface area (Å²) in [7, 11) is 1.64. The SMILES string of the molecule is COc1ccc(N(C=O)c2ccccc2)cc1C. The van der Waals surface area contributed by atoms with E-state index in [2.05, 4.69) is 0 Å². The van der Waals surface area contributed by atoms with Gasteiger partial charge in [-0.3, -0.25) is 9.69 Å². The lowest BCUT2D eigenvalue weighted by Crippen LogP contribution is -2.13. The highest BCUT2D eigenvalue weighted by Crippen LogP contribution is 2.28. The number of carbonyl (C=O) groups excluding carboxylic acids is 1. The third-order valence-corrected chi connectivity index (χ3v) is 2.80. The molecule has 3 heteroatoms. The third kappa shape index (κ3) is 2.35. The number of anilines is 2. The standard InChI is InChI=1S/C15H15NO2/c1-12-10-14(8-9-15(12)18-2)16(11-17)13-6-4-3-5-7-13/h3-11H,1-2H3. The van der Waals surface area contributed by atoms with Gasteiger partial charge in [0.1, 0.15) is 5.75 Å². The number of methoxy groups -OCH3 is 1. The highest BCUT2D eigenvalue weighted by atomic mass is 16.5. The van der Waals surface area contributed by atoms with Crippen LogP contribution in [0.1, 0.15) is 5.56 Å². The van der Waals surface area contributed by atoms with Crippen LogP contribution >= 0.6 is 0 Å². The van der Waals surface area contributed by atoms with Crippen LogP contribution in [0.25, 0.3) is 0 Å². The van der Waals surface area contributed by atoms with Gasteiger partial charge in [0, 0.05) is 11.4 Å². The van der Waals surface area contributed by atoms with Gasteiger partial charge in [-0.1, -0.05) is 18.2 Å². The van der Waals surface area contributed by atoms with Crippen molar-refractivity contribution in [3.63, 3.8) is 0 Å². The first-order valence-corrected chi connectivity index (χ1v) is 5.70. The van der Waals surface area contributed by atoms with Crippen LogP contribution < -0.4 is 9.64 Å². The van der Waals surface area contributed by atoms with Crippen molar-refractivity contribution in [3.8, 4) is 5.75 Å². The Hall–Kier alpha value is -2.29. The minimum absolute atomic E-state index is 0.816. The molecular formula is C15H15NO2. The lowest BCUT2D eigenvalue weighted by molar-refractivity contribution is -0.106. The van der Waals surface area contributed by atoms with E-state index in [1.165, 1.54) is 0 Å². The number of hydrogen-bond donors (Lipinski definition) is 0. The molecule has 0 aliphatic heterocycles. The molecule has 0 unspecified atom stereocenters. The van der Waals surface area contributed by atoms with Crippen LogP contribution in [0.15, 0.2) is 48.5 Å². The van der Waals surface area contributed by atoms with Crippen molar-refractivity contribution in [2.45, 2.75) is 6.92 Å². The van der Waals surface area contributed by atoms with Crippen LogP contribution in [-0.2, 0) is 4.79 Å². The Morgan fingerprint density at radius 2 is 1.78 bits per heavy atom. The Labute approximate surface area is 107 Å². The van der Waals surface area contributed by atoms with Crippen molar-refractivity contribution in [1.29, 1.82) is 0 Å². The van der Waals surface area contributed by atoms with Gasteiger partial charge < -0.3 is 4.74 Å². The van der Waals surface area contributed by atoms with E-state index in [-0.39, 0.29) is 0 Å². The Morgan fingerprint density at radius 1 is 1.06 bits per heavy atom. The van der Waals surface area contributed by atoms with Crippen LogP contribution in [-0.4, -0.2) is 13.5 Å². The van der Waals surface area contributed by atoms with Gasteiger partial charge in [0.25, 0.3) is 0 Å². The average molecular weight is 241 g/mol. The van der Waals surface area contributed by atoms with Crippen LogP contribution in [0.2, 0.25) is 0 Å². The molecule has 0 atom stereocenters. The minimum atomic E-state index is 0.816. The number of carbonyl (C=O) groups is 1. The monoisotopic (exact) mass is 241 g/mol. The molecule has 0 aliphatic rings. The summed E-state index contributed by atoms with van der Waals surface area (Å²) >= 11 is 0. The van der Waals surface area contributed by atoms with Gasteiger partial charge in [-0.25, -0.2) is 0 Å². The van der Waals surface area contributed by atoms with E-state index in [4.69, 9.17) is 4.74 Å². The zero-order valence-electron chi connectivity index (χ0n) is 10.5. The third-order valence-electron chi connectivity index (χ3n) is 2.80. The number of rotatable bonds is 4. The number of nitrogens with zero attached hydrogens (tertiary/aromatic N) is 1. The van der Waals surface area contributed by atoms with Crippen molar-refractivity contribution in [3.05, 3.63) is 54.1 Å². The van der Waals surface area contributed by atoms with Crippen molar-refractivity contribution in [2.75, 3.05) is 12.0 Å². The van der Waals surface area contributed by atoms with E-state index in [1.807, 2.05) is 55.5 Å². The highest BCUT2D eigenvalue weighted by molar-refractivity contribution is 5.86. The molecule has 0 saturated heterocycles. The predicted octanol–water partition coefficient (Wildman–Crippen LogP) is 3.30. The second kappa shape index (κ2) is 5.36. The maximum Gasteiger partial charge on any atom is 0.218 e. The maximum absolute atomic E-state index is 11.3. The van der Waals surface area contributed by atoms with Crippen molar-refractivity contribution in [2.24, 2.45) is 0 Å². The molecule has 0 aliphatic carbocycles. The van der Waals surface area contributed by atoms with E-state index in [9.17, 15) is 4.79 Å². The molecule has 0 N–H and O–H groups in total. The lowest BCUT2D eigenvalue weighted by Gasteiger charge is -2.18. The molecule has 18 heavy (non-hydrogen) atoms. The molecular weight excluding hydrogens is 226 g/mol. The van der Waals surface area contributed by atoms with Gasteiger partial charge in [0.2, 0.25) is 6.41 Å². The van der Waals surface area contributed by atoms with Crippen LogP contribution in [0.5, 0.6) is 5.75 Å². The van der Waals surface area contributed by atoms with Crippen molar-refractivity contribution in [1.82, 2.24) is 0 Å². The summed E-state index contributed by atoms with van der Waals surface area (Å²) in [5.74, 6) is 0.817. The van der Waals surface area contributed by atoms with E-state index in [1.54, 1.807) is 12.0 Å². The summed E-state index contributed by atoms with van der Waals surface area (Å²) in [5, 5.41) is 0. The van der Waals surface area contributed by atoms with Crippen LogP contribution in [0.4, 0.5) is 11.4 Å². The second-order valence-electron chi connectivity index (χ2n) is 3.96. The number of aryl methyl sites for hydroxylation is 1. The molecule has 1 amide bonds. The first-order valence-electron chi connectivity index (χ1n) is 5.70. The molecule has 0 fully saturated rings. The molecule has 0 radical (unpaired) electrons. The zero-order chi connectivity index (χ0) is 13.0. The smallest absolute Gasteiger partial charge is 0.218 e. The molecule has 0 bridgehead atoms. The average Bonchev–Trinajstić information content (AvgIpc) is 2.41. The topological polar surface area (TPSA) is 29.5 Å². The summed E-state index contributed by atoms with van der Waals surface area (Å²) < 4.78 is 5.21. The van der Waals surface area contributed by atoms with E-state index >= 15 is 0 Å². The van der Waals surface area contributed by atoms with E-state index < -0.39 is 0 Å². The van der Waals surface area contributed by atoms with Gasteiger partial charge >= 0.3 is 0 Å². The summed E-state index contributed by atoms with van der Waals surface area (Å²) in [4.78, 5) is 12.9. The Kier molecular flexibility index (Phi) is 3.63. The molecule has 0 aromatic heterocycles. The first kappa shape index (κ1) is 12.2. The largest absolute Gasteiger partial charge is 0.496 e. The number of benzene rings is 2. The number of ether oxygens (including phenoxy) is 1. The highest BCUT2D eigenvalue weighted by Gasteiger charge is 2.09. The second-order valence-corrected chi connectivity index (χ2v) is 3.96. The zero-order valence-corrected chi connectivity index (χ0v) is 10.5. The number of para-hydroxylation sites is 1. The summed E-state index contributed by atoms with van der Waals surface area (Å²) in [6.45, 7) is 1.95. The van der Waals surface area contributed by atoms with Gasteiger partial charge in [0.05, 0.1) is 7.11 Å². The van der Waals surface area contributed by atoms with Crippen LogP contribution in [0.3, 0.4) is 0 Å². The summed E-state index contributed by atoms with van der Waals surface area (Å²) in [6.07, 6.45) is 0.816. The van der Waals surface area contributed by atoms with Gasteiger partial charge in [-0.2, -0.15) is 0 Å². The molecule has 2 aromatic carbocycles. The Bertz CT molecular complexity index is 537. The van der Waals surface area contributed by atoms with E-state index in [0.29, 0.717) is 0 Å². The molecule has 0 heterocycles. The fourth-order valence-corrected chi connectivity index (χ4v) is 1.87.